The summed E-state index contributed by atoms with van der Waals surface area (Å²) in [7, 11) is 4.33. The Bertz CT molecular complexity index is 626. The van der Waals surface area contributed by atoms with Crippen molar-refractivity contribution in [3.8, 4) is 5.75 Å². The summed E-state index contributed by atoms with van der Waals surface area (Å²) in [5.74, 6) is 1.12. The molecule has 0 bridgehead atoms. The summed E-state index contributed by atoms with van der Waals surface area (Å²) in [6, 6.07) is 2.61. The van der Waals surface area contributed by atoms with E-state index >= 15 is 0 Å². The number of fused-ring (bicyclic) bond motifs is 1. The Kier molecular flexibility index (Phi) is 5.88. The number of ether oxygens (including phenoxy) is 1. The van der Waals surface area contributed by atoms with Crippen LogP contribution in [0.15, 0.2) is 12.3 Å². The maximum absolute atomic E-state index is 6.54. The Hall–Kier alpha value is -0.248. The van der Waals surface area contributed by atoms with E-state index in [2.05, 4.69) is 35.3 Å². The molecule has 1 N–H and O–H groups in total. The third kappa shape index (κ3) is 3.82. The van der Waals surface area contributed by atoms with Crippen LogP contribution < -0.4 is 10.1 Å². The molecule has 0 amide bonds. The first-order valence-corrected chi connectivity index (χ1v) is 12.7. The van der Waals surface area contributed by atoms with E-state index in [1.54, 1.807) is 0 Å². The predicted octanol–water partition coefficient (Wildman–Crippen LogP) is 1.58. The van der Waals surface area contributed by atoms with Crippen molar-refractivity contribution in [3.05, 3.63) is 23.5 Å². The molecule has 4 rings (SSSR count). The molecule has 1 aromatic rings. The van der Waals surface area contributed by atoms with Gasteiger partial charge in [-0.2, -0.15) is 0 Å². The van der Waals surface area contributed by atoms with E-state index in [0.29, 0.717) is 17.6 Å². The third-order valence-electron chi connectivity index (χ3n) is 6.34. The number of nitrogens with zero attached hydrogens (tertiary/aromatic N) is 3. The van der Waals surface area contributed by atoms with Crippen molar-refractivity contribution in [2.75, 3.05) is 44.4 Å². The first kappa shape index (κ1) is 19.1. The Balaban J connectivity index is 1.50. The van der Waals surface area contributed by atoms with Gasteiger partial charge >= 0.3 is 174 Å². The molecule has 1 spiro atoms. The van der Waals surface area contributed by atoms with Crippen molar-refractivity contribution in [3.63, 3.8) is 0 Å². The number of rotatable bonds is 7. The van der Waals surface area contributed by atoms with E-state index in [1.807, 2.05) is 6.20 Å². The summed E-state index contributed by atoms with van der Waals surface area (Å²) in [5.41, 5.74) is 3.24. The van der Waals surface area contributed by atoms with Crippen LogP contribution in [0.3, 0.4) is 0 Å². The van der Waals surface area contributed by atoms with Gasteiger partial charge in [0.15, 0.2) is 0 Å². The van der Waals surface area contributed by atoms with Gasteiger partial charge in [-0.15, -0.1) is 0 Å². The molecule has 5 nitrogen and oxygen atoms in total. The summed E-state index contributed by atoms with van der Waals surface area (Å²) in [6.07, 6.45) is 8.28. The van der Waals surface area contributed by atoms with E-state index in [1.165, 1.54) is 79.9 Å². The molecule has 1 unspecified atom stereocenters. The molecule has 1 atom stereocenters. The van der Waals surface area contributed by atoms with E-state index in [4.69, 9.17) is 9.72 Å². The van der Waals surface area contributed by atoms with Crippen LogP contribution in [0.1, 0.15) is 43.0 Å². The van der Waals surface area contributed by atoms with Crippen molar-refractivity contribution in [2.24, 2.45) is 5.41 Å². The second-order valence-corrected chi connectivity index (χ2v) is 9.83. The Morgan fingerprint density at radius 2 is 2.19 bits per heavy atom. The third-order valence-corrected chi connectivity index (χ3v) is 7.92. The molecule has 2 aliphatic heterocycles. The molecule has 6 heteroatoms. The molecule has 26 heavy (non-hydrogen) atoms. The van der Waals surface area contributed by atoms with Crippen LogP contribution in [-0.2, 0) is 6.42 Å². The molecule has 141 valence electrons. The number of hydrogen-bond donors (Lipinski definition) is 1. The fourth-order valence-corrected chi connectivity index (χ4v) is 6.27. The maximum atomic E-state index is 6.54. The van der Waals surface area contributed by atoms with Gasteiger partial charge in [0.1, 0.15) is 0 Å². The Labute approximate surface area is 173 Å². The molecule has 3 heterocycles. The van der Waals surface area contributed by atoms with Crippen LogP contribution in [0.25, 0.3) is 0 Å². The first-order valence-electron chi connectivity index (χ1n) is 9.99. The van der Waals surface area contributed by atoms with E-state index in [9.17, 15) is 0 Å². The number of nitrogens with one attached hydrogen (secondary N) is 1. The van der Waals surface area contributed by atoms with Gasteiger partial charge in [0.2, 0.25) is 0 Å². The zero-order valence-corrected chi connectivity index (χ0v) is 20.0. The van der Waals surface area contributed by atoms with Crippen molar-refractivity contribution in [1.29, 1.82) is 0 Å². The fraction of sp³-hybridized carbons (Fsp3) is 0.750. The summed E-state index contributed by atoms with van der Waals surface area (Å²) in [6.45, 7) is 4.67. The first-order chi connectivity index (χ1) is 12.6. The average molecular weight is 551 g/mol. The van der Waals surface area contributed by atoms with Gasteiger partial charge in [-0.1, -0.05) is 0 Å². The molecule has 0 aromatic carbocycles. The van der Waals surface area contributed by atoms with Crippen molar-refractivity contribution in [1.82, 2.24) is 20.1 Å². The minimum atomic E-state index is 0.400. The van der Waals surface area contributed by atoms with Crippen LogP contribution >= 0.6 is 0 Å². The topological polar surface area (TPSA) is 40.6 Å². The van der Waals surface area contributed by atoms with Gasteiger partial charge in [-0.05, 0) is 0 Å². The molecule has 1 aromatic heterocycles. The summed E-state index contributed by atoms with van der Waals surface area (Å²) < 4.78 is 7.77. The SMILES string of the molecule is CN(C)CCCC1c2c(OC3CC4(CNC4)C3)ccnc2CCN1[CH2][Pb]. The second kappa shape index (κ2) is 8.01. The fourth-order valence-electron chi connectivity index (χ4n) is 4.80. The summed E-state index contributed by atoms with van der Waals surface area (Å²) in [5, 5.41) is 3.42. The number of hydrogen-bond acceptors (Lipinski definition) is 5. The molecule has 3 radical (unpaired) electrons. The normalized spacial score (nSPS) is 25.0. The zero-order valence-electron chi connectivity index (χ0n) is 16.1. The van der Waals surface area contributed by atoms with E-state index in [-0.39, 0.29) is 0 Å². The molecule has 1 saturated carbocycles. The van der Waals surface area contributed by atoms with Crippen molar-refractivity contribution < 1.29 is 4.74 Å². The van der Waals surface area contributed by atoms with Crippen LogP contribution in [-0.4, -0.2) is 91.0 Å². The van der Waals surface area contributed by atoms with Crippen molar-refractivity contribution >= 4 is 25.8 Å². The standard InChI is InChI=1S/C20H31N4O.Pb/c1-23(2)9-4-5-17-19-16(7-10-24(17)3)22-8-6-18(19)25-15-11-20(12-15)13-21-14-20;/h6,8,15,17,21H,3-5,7,9-14H2,1-2H3;. The minimum absolute atomic E-state index is 0.400. The number of aromatic nitrogens is 1. The molecule has 3 aliphatic rings. The van der Waals surface area contributed by atoms with Gasteiger partial charge in [0, 0.05) is 0 Å². The van der Waals surface area contributed by atoms with Crippen LogP contribution in [0.4, 0.5) is 0 Å². The number of pyridine rings is 1. The summed E-state index contributed by atoms with van der Waals surface area (Å²) in [4.78, 5) is 9.70. The Morgan fingerprint density at radius 1 is 1.38 bits per heavy atom. The van der Waals surface area contributed by atoms with Gasteiger partial charge in [-0.3, -0.25) is 0 Å². The molecular formula is C20H31N4OPb. The van der Waals surface area contributed by atoms with Gasteiger partial charge in [-0.25, -0.2) is 0 Å². The second-order valence-electron chi connectivity index (χ2n) is 8.60. The Morgan fingerprint density at radius 3 is 2.85 bits per heavy atom. The van der Waals surface area contributed by atoms with Crippen LogP contribution in [0, 0.1) is 5.41 Å². The molecular weight excluding hydrogens is 519 g/mol. The summed E-state index contributed by atoms with van der Waals surface area (Å²) >= 11 is 1.22. The van der Waals surface area contributed by atoms with Crippen molar-refractivity contribution in [2.45, 2.75) is 44.2 Å². The van der Waals surface area contributed by atoms with Gasteiger partial charge in [0.25, 0.3) is 0 Å². The average Bonchev–Trinajstić information content (AvgIpc) is 2.55. The molecule has 1 saturated heterocycles. The van der Waals surface area contributed by atoms with Gasteiger partial charge in [0.05, 0.1) is 0 Å². The predicted molar refractivity (Wildman–Crippen MR) is 105 cm³/mol. The quantitative estimate of drug-likeness (QED) is 0.523. The van der Waals surface area contributed by atoms with E-state index in [0.717, 1.165) is 25.3 Å². The van der Waals surface area contributed by atoms with Crippen LogP contribution in [0.5, 0.6) is 5.75 Å². The molecule has 2 fully saturated rings. The monoisotopic (exact) mass is 551 g/mol. The molecule has 1 aliphatic carbocycles. The van der Waals surface area contributed by atoms with Gasteiger partial charge < -0.3 is 0 Å². The zero-order chi connectivity index (χ0) is 18.1. The van der Waals surface area contributed by atoms with Crippen LogP contribution in [0.2, 0.25) is 0 Å². The van der Waals surface area contributed by atoms with E-state index < -0.39 is 0 Å².